The van der Waals surface area contributed by atoms with Gasteiger partial charge < -0.3 is 10.1 Å². The molecule has 78 valence electrons. The number of hydrogen-bond donors (Lipinski definition) is 1. The zero-order chi connectivity index (χ0) is 10.6. The van der Waals surface area contributed by atoms with E-state index in [9.17, 15) is 4.79 Å². The monoisotopic (exact) mass is 195 g/mol. The first-order valence-electron chi connectivity index (χ1n) is 4.84. The molecule has 0 fully saturated rings. The molecule has 0 aliphatic heterocycles. The topological polar surface area (TPSA) is 38.3 Å². The van der Waals surface area contributed by atoms with E-state index in [1.54, 1.807) is 6.92 Å². The standard InChI is InChI=1S/C11H17NO2/c1-8-4-6-10(7-5-8)12-9(2)11(13)14-3/h4,6,9,12H,5,7H2,1-3H3/t9-/m1/s1. The van der Waals surface area contributed by atoms with Crippen LogP contribution < -0.4 is 5.32 Å². The number of allylic oxidation sites excluding steroid dienone is 4. The highest BCUT2D eigenvalue weighted by molar-refractivity contribution is 5.75. The fraction of sp³-hybridized carbons (Fsp3) is 0.545. The zero-order valence-electron chi connectivity index (χ0n) is 8.96. The van der Waals surface area contributed by atoms with Crippen LogP contribution in [0, 0.1) is 0 Å². The maximum Gasteiger partial charge on any atom is 0.327 e. The molecular weight excluding hydrogens is 178 g/mol. The fourth-order valence-electron chi connectivity index (χ4n) is 1.38. The molecule has 1 rings (SSSR count). The minimum atomic E-state index is -0.266. The highest BCUT2D eigenvalue weighted by atomic mass is 16.5. The van der Waals surface area contributed by atoms with Crippen molar-refractivity contribution in [1.29, 1.82) is 0 Å². The molecule has 14 heavy (non-hydrogen) atoms. The summed E-state index contributed by atoms with van der Waals surface area (Å²) >= 11 is 0. The van der Waals surface area contributed by atoms with Crippen LogP contribution in [0.4, 0.5) is 0 Å². The Hall–Kier alpha value is -1.25. The summed E-state index contributed by atoms with van der Waals surface area (Å²) in [7, 11) is 1.40. The zero-order valence-corrected chi connectivity index (χ0v) is 8.96. The Morgan fingerprint density at radius 1 is 1.50 bits per heavy atom. The largest absolute Gasteiger partial charge is 0.467 e. The highest BCUT2D eigenvalue weighted by Gasteiger charge is 2.14. The van der Waals surface area contributed by atoms with Crippen LogP contribution in [0.1, 0.15) is 26.7 Å². The number of carbonyl (C=O) groups is 1. The van der Waals surface area contributed by atoms with Gasteiger partial charge in [0.15, 0.2) is 0 Å². The van der Waals surface area contributed by atoms with Crippen LogP contribution in [0.2, 0.25) is 0 Å². The van der Waals surface area contributed by atoms with Gasteiger partial charge in [0.2, 0.25) is 0 Å². The van der Waals surface area contributed by atoms with E-state index in [1.165, 1.54) is 12.7 Å². The molecule has 0 unspecified atom stereocenters. The van der Waals surface area contributed by atoms with Crippen LogP contribution in [-0.2, 0) is 9.53 Å². The van der Waals surface area contributed by atoms with Gasteiger partial charge in [-0.05, 0) is 32.8 Å². The second-order valence-electron chi connectivity index (χ2n) is 3.59. The third-order valence-electron chi connectivity index (χ3n) is 2.31. The van der Waals surface area contributed by atoms with Crippen molar-refractivity contribution in [2.45, 2.75) is 32.7 Å². The molecule has 0 amide bonds. The lowest BCUT2D eigenvalue weighted by molar-refractivity contribution is -0.142. The Morgan fingerprint density at radius 3 is 2.71 bits per heavy atom. The number of rotatable bonds is 3. The van der Waals surface area contributed by atoms with Crippen molar-refractivity contribution in [3.05, 3.63) is 23.4 Å². The molecule has 0 aromatic rings. The molecule has 0 bridgehead atoms. The number of nitrogens with one attached hydrogen (secondary N) is 1. The number of esters is 1. The van der Waals surface area contributed by atoms with Gasteiger partial charge in [0.25, 0.3) is 0 Å². The number of ether oxygens (including phenoxy) is 1. The van der Waals surface area contributed by atoms with E-state index in [4.69, 9.17) is 0 Å². The van der Waals surface area contributed by atoms with Crippen molar-refractivity contribution in [2.24, 2.45) is 0 Å². The van der Waals surface area contributed by atoms with Crippen LogP contribution in [0.3, 0.4) is 0 Å². The third-order valence-corrected chi connectivity index (χ3v) is 2.31. The van der Waals surface area contributed by atoms with Gasteiger partial charge in [-0.1, -0.05) is 11.6 Å². The molecule has 3 nitrogen and oxygen atoms in total. The van der Waals surface area contributed by atoms with Crippen molar-refractivity contribution in [3.63, 3.8) is 0 Å². The SMILES string of the molecule is COC(=O)[C@@H](C)NC1=CC=C(C)CC1. The predicted molar refractivity (Wildman–Crippen MR) is 55.7 cm³/mol. The first-order valence-corrected chi connectivity index (χ1v) is 4.84. The molecule has 0 spiro atoms. The van der Waals surface area contributed by atoms with Gasteiger partial charge in [-0.3, -0.25) is 0 Å². The summed E-state index contributed by atoms with van der Waals surface area (Å²) in [5, 5.41) is 3.13. The maximum atomic E-state index is 11.1. The van der Waals surface area contributed by atoms with Gasteiger partial charge >= 0.3 is 5.97 Å². The summed E-state index contributed by atoms with van der Waals surface area (Å²) in [6, 6.07) is -0.266. The second-order valence-corrected chi connectivity index (χ2v) is 3.59. The normalized spacial score (nSPS) is 17.9. The molecule has 1 aliphatic rings. The smallest absolute Gasteiger partial charge is 0.327 e. The first kappa shape index (κ1) is 10.8. The van der Waals surface area contributed by atoms with E-state index in [-0.39, 0.29) is 12.0 Å². The summed E-state index contributed by atoms with van der Waals surface area (Å²) in [4.78, 5) is 11.1. The summed E-state index contributed by atoms with van der Waals surface area (Å²) in [5.41, 5.74) is 2.48. The van der Waals surface area contributed by atoms with Crippen molar-refractivity contribution < 1.29 is 9.53 Å². The Morgan fingerprint density at radius 2 is 2.21 bits per heavy atom. The highest BCUT2D eigenvalue weighted by Crippen LogP contribution is 2.15. The van der Waals surface area contributed by atoms with Gasteiger partial charge in [-0.2, -0.15) is 0 Å². The van der Waals surface area contributed by atoms with Gasteiger partial charge in [0, 0.05) is 5.70 Å². The molecule has 0 radical (unpaired) electrons. The predicted octanol–water partition coefficient (Wildman–Crippen LogP) is 1.76. The molecule has 3 heteroatoms. The quantitative estimate of drug-likeness (QED) is 0.697. The van der Waals surface area contributed by atoms with E-state index < -0.39 is 0 Å². The lowest BCUT2D eigenvalue weighted by atomic mass is 10.0. The Labute approximate surface area is 84.8 Å². The lowest BCUT2D eigenvalue weighted by Crippen LogP contribution is -2.34. The molecule has 1 N–H and O–H groups in total. The van der Waals surface area contributed by atoms with Crippen LogP contribution in [0.25, 0.3) is 0 Å². The molecule has 0 aromatic carbocycles. The fourth-order valence-corrected chi connectivity index (χ4v) is 1.38. The van der Waals surface area contributed by atoms with Crippen LogP contribution >= 0.6 is 0 Å². The van der Waals surface area contributed by atoms with Gasteiger partial charge in [-0.15, -0.1) is 0 Å². The van der Waals surface area contributed by atoms with Crippen molar-refractivity contribution in [3.8, 4) is 0 Å². The van der Waals surface area contributed by atoms with E-state index in [0.29, 0.717) is 0 Å². The van der Waals surface area contributed by atoms with E-state index in [2.05, 4.69) is 23.1 Å². The van der Waals surface area contributed by atoms with Crippen LogP contribution in [0.15, 0.2) is 23.4 Å². The van der Waals surface area contributed by atoms with Crippen LogP contribution in [-0.4, -0.2) is 19.1 Å². The summed E-state index contributed by atoms with van der Waals surface area (Å²) < 4.78 is 4.63. The van der Waals surface area contributed by atoms with E-state index in [1.807, 2.05) is 6.08 Å². The third kappa shape index (κ3) is 2.91. The van der Waals surface area contributed by atoms with Gasteiger partial charge in [0.05, 0.1) is 7.11 Å². The van der Waals surface area contributed by atoms with Crippen molar-refractivity contribution in [1.82, 2.24) is 5.32 Å². The average molecular weight is 195 g/mol. The minimum Gasteiger partial charge on any atom is -0.467 e. The Balaban J connectivity index is 2.49. The number of methoxy groups -OCH3 is 1. The molecule has 0 saturated heterocycles. The molecular formula is C11H17NO2. The van der Waals surface area contributed by atoms with Crippen molar-refractivity contribution in [2.75, 3.05) is 7.11 Å². The van der Waals surface area contributed by atoms with Crippen LogP contribution in [0.5, 0.6) is 0 Å². The Bertz CT molecular complexity index is 279. The second kappa shape index (κ2) is 4.84. The number of hydrogen-bond acceptors (Lipinski definition) is 3. The maximum absolute atomic E-state index is 11.1. The average Bonchev–Trinajstić information content (AvgIpc) is 2.20. The van der Waals surface area contributed by atoms with Gasteiger partial charge in [-0.25, -0.2) is 4.79 Å². The van der Waals surface area contributed by atoms with E-state index in [0.717, 1.165) is 18.5 Å². The lowest BCUT2D eigenvalue weighted by Gasteiger charge is -2.18. The molecule has 0 aromatic heterocycles. The van der Waals surface area contributed by atoms with Gasteiger partial charge in [0.1, 0.15) is 6.04 Å². The molecule has 0 saturated carbocycles. The van der Waals surface area contributed by atoms with Crippen molar-refractivity contribution >= 4 is 5.97 Å². The first-order chi connectivity index (χ1) is 6.63. The minimum absolute atomic E-state index is 0.225. The summed E-state index contributed by atoms with van der Waals surface area (Å²) in [6.45, 7) is 3.91. The number of carbonyl (C=O) groups excluding carboxylic acids is 1. The molecule has 1 aliphatic carbocycles. The summed E-state index contributed by atoms with van der Waals surface area (Å²) in [6.07, 6.45) is 6.14. The van der Waals surface area contributed by atoms with E-state index >= 15 is 0 Å². The summed E-state index contributed by atoms with van der Waals surface area (Å²) in [5.74, 6) is -0.225. The Kier molecular flexibility index (Phi) is 3.74. The molecule has 0 heterocycles. The molecule has 1 atom stereocenters.